The molecule has 0 fully saturated rings. The average molecular weight is 728 g/mol. The van der Waals surface area contributed by atoms with Crippen molar-refractivity contribution in [1.82, 2.24) is 10.6 Å². The number of allylic oxidation sites excluding steroid dienone is 11. The van der Waals surface area contributed by atoms with Gasteiger partial charge < -0.3 is 21.1 Å². The lowest BCUT2D eigenvalue weighted by Crippen LogP contribution is -2.35. The van der Waals surface area contributed by atoms with Gasteiger partial charge in [0.1, 0.15) is 23.2 Å². The molecule has 5 N–H and O–H groups in total. The van der Waals surface area contributed by atoms with Crippen LogP contribution in [0.3, 0.4) is 0 Å². The second kappa shape index (κ2) is 26.9. The van der Waals surface area contributed by atoms with Gasteiger partial charge >= 0.3 is 6.03 Å². The fraction of sp³-hybridized carbons (Fsp3) is 0.122. The van der Waals surface area contributed by atoms with Crippen LogP contribution < -0.4 is 26.4 Å². The first-order chi connectivity index (χ1) is 25.2. The number of carbonyl (C=O) groups is 3. The van der Waals surface area contributed by atoms with Crippen LogP contribution >= 0.6 is 0 Å². The highest BCUT2D eigenvalue weighted by Crippen LogP contribution is 2.27. The molecule has 0 bridgehead atoms. The number of nitrogens with zero attached hydrogens (tertiary/aromatic N) is 1. The van der Waals surface area contributed by atoms with Crippen molar-refractivity contribution in [3.8, 4) is 18.1 Å². The maximum atomic E-state index is 15.0. The Bertz CT molecular complexity index is 1830. The third kappa shape index (κ3) is 21.1. The van der Waals surface area contributed by atoms with E-state index in [1.807, 2.05) is 6.92 Å². The zero-order valence-electron chi connectivity index (χ0n) is 29.9. The SMILES string of the molecule is C#CC.C=C(/C=C\C=C(/C)NC=O)/C=C/C1=C(N)N=CCC=C1Oc1ccc(NC(=O)NC(=O)Cc2ccc(F)cc2)cc1F.C=CC.C=CC(=C)F. The minimum absolute atomic E-state index is 0.0796. The highest BCUT2D eigenvalue weighted by atomic mass is 19.1. The maximum absolute atomic E-state index is 15.0. The Kier molecular flexibility index (Phi) is 23.4. The number of rotatable bonds is 12. The molecule has 0 aliphatic carbocycles. The van der Waals surface area contributed by atoms with Gasteiger partial charge in [-0.05, 0) is 80.5 Å². The number of urea groups is 1. The number of aliphatic imine (C=N–C) groups is 1. The number of anilines is 1. The molecule has 278 valence electrons. The fourth-order valence-electron chi connectivity index (χ4n) is 3.48. The first-order valence-electron chi connectivity index (χ1n) is 15.6. The molecular formula is C41H44F3N5O4. The van der Waals surface area contributed by atoms with Gasteiger partial charge in [-0.25, -0.2) is 23.0 Å². The quantitative estimate of drug-likeness (QED) is 0.0752. The van der Waals surface area contributed by atoms with Crippen molar-refractivity contribution in [1.29, 1.82) is 0 Å². The normalized spacial score (nSPS) is 11.7. The van der Waals surface area contributed by atoms with E-state index in [9.17, 15) is 27.6 Å². The summed E-state index contributed by atoms with van der Waals surface area (Å²) in [4.78, 5) is 38.9. The van der Waals surface area contributed by atoms with Crippen molar-refractivity contribution in [3.63, 3.8) is 0 Å². The highest BCUT2D eigenvalue weighted by molar-refractivity contribution is 6.01. The van der Waals surface area contributed by atoms with Gasteiger partial charge in [-0.3, -0.25) is 14.9 Å². The van der Waals surface area contributed by atoms with Crippen LogP contribution in [0.1, 0.15) is 32.8 Å². The number of carbonyl (C=O) groups excluding carboxylic acids is 3. The summed E-state index contributed by atoms with van der Waals surface area (Å²) in [5.74, 6) is 0.202. The molecule has 0 aromatic heterocycles. The molecule has 2 aromatic rings. The lowest BCUT2D eigenvalue weighted by molar-refractivity contribution is -0.119. The molecule has 1 aliphatic rings. The van der Waals surface area contributed by atoms with Crippen molar-refractivity contribution in [2.45, 2.75) is 33.6 Å². The third-order valence-electron chi connectivity index (χ3n) is 5.75. The molecule has 12 heteroatoms. The largest absolute Gasteiger partial charge is 0.454 e. The highest BCUT2D eigenvalue weighted by Gasteiger charge is 2.16. The van der Waals surface area contributed by atoms with E-state index in [-0.39, 0.29) is 29.4 Å². The van der Waals surface area contributed by atoms with Gasteiger partial charge in [0.25, 0.3) is 0 Å². The van der Waals surface area contributed by atoms with E-state index in [0.29, 0.717) is 35.2 Å². The number of hydrogen-bond acceptors (Lipinski definition) is 6. The number of terminal acetylenes is 1. The van der Waals surface area contributed by atoms with Crippen molar-refractivity contribution < 1.29 is 32.3 Å². The minimum atomic E-state index is -0.859. The Morgan fingerprint density at radius 3 is 2.30 bits per heavy atom. The summed E-state index contributed by atoms with van der Waals surface area (Å²) in [6, 6.07) is 8.19. The van der Waals surface area contributed by atoms with E-state index < -0.39 is 29.4 Å². The molecule has 9 nitrogen and oxygen atoms in total. The van der Waals surface area contributed by atoms with Gasteiger partial charge in [-0.2, -0.15) is 0 Å². The summed E-state index contributed by atoms with van der Waals surface area (Å²) in [6.45, 7) is 18.5. The van der Waals surface area contributed by atoms with E-state index >= 15 is 0 Å². The molecule has 1 heterocycles. The van der Waals surface area contributed by atoms with Gasteiger partial charge in [0, 0.05) is 30.1 Å². The number of hydrogen-bond donors (Lipinski definition) is 4. The molecule has 53 heavy (non-hydrogen) atoms. The molecule has 0 unspecified atom stereocenters. The standard InChI is InChI=1S/C31H29F2N5O4.C4H5F.C3H6.C3H4/c1-20(5-3-6-21(2)36-19-39)8-14-25-27(7-4-16-35-30(25)34)42-28-15-13-24(18-26(28)33)37-31(41)38-29(40)17-22-9-11-23(32)12-10-22;1-3-4(2)5;2*1-3-2/h3,5-16,18-19H,1,4,17,34H2,2H3,(H,36,39)(H2,37,38,40,41);3H,1-2H2;3H,1H2,2H3;1H,2H3/b5-3-,14-8+,21-6+;;;. The molecule has 3 rings (SSSR count). The van der Waals surface area contributed by atoms with Crippen LogP contribution in [0.5, 0.6) is 5.75 Å². The zero-order chi connectivity index (χ0) is 40.2. The fourth-order valence-corrected chi connectivity index (χ4v) is 3.48. The first kappa shape index (κ1) is 46.1. The number of halogens is 3. The van der Waals surface area contributed by atoms with Crippen LogP contribution in [0.4, 0.5) is 23.7 Å². The minimum Gasteiger partial charge on any atom is -0.454 e. The van der Waals surface area contributed by atoms with Crippen molar-refractivity contribution in [2.24, 2.45) is 10.7 Å². The smallest absolute Gasteiger partial charge is 0.325 e. The summed E-state index contributed by atoms with van der Waals surface area (Å²) >= 11 is 0. The summed E-state index contributed by atoms with van der Waals surface area (Å²) in [5, 5.41) is 7.04. The van der Waals surface area contributed by atoms with Gasteiger partial charge in [-0.1, -0.05) is 56.2 Å². The summed E-state index contributed by atoms with van der Waals surface area (Å²) < 4.78 is 44.9. The molecule has 0 saturated heterocycles. The number of amides is 4. The van der Waals surface area contributed by atoms with Crippen molar-refractivity contribution >= 4 is 30.3 Å². The van der Waals surface area contributed by atoms with Gasteiger partial charge in [0.05, 0.1) is 12.0 Å². The topological polar surface area (TPSA) is 135 Å². The molecule has 0 radical (unpaired) electrons. The van der Waals surface area contributed by atoms with E-state index in [0.717, 1.165) is 12.1 Å². The van der Waals surface area contributed by atoms with Crippen LogP contribution in [0.2, 0.25) is 0 Å². The molecular weight excluding hydrogens is 683 g/mol. The van der Waals surface area contributed by atoms with E-state index in [1.165, 1.54) is 36.4 Å². The molecule has 1 aliphatic heterocycles. The maximum Gasteiger partial charge on any atom is 0.325 e. The number of nitrogens with two attached hydrogens (primary N) is 1. The Balaban J connectivity index is 0.00000216. The molecule has 2 aromatic carbocycles. The number of ether oxygens (including phenoxy) is 1. The Morgan fingerprint density at radius 2 is 1.74 bits per heavy atom. The van der Waals surface area contributed by atoms with E-state index in [4.69, 9.17) is 10.5 Å². The van der Waals surface area contributed by atoms with Crippen LogP contribution in [-0.2, 0) is 16.0 Å². The van der Waals surface area contributed by atoms with E-state index in [1.54, 1.807) is 62.6 Å². The lowest BCUT2D eigenvalue weighted by Gasteiger charge is -2.13. The molecule has 0 spiro atoms. The number of imide groups is 1. The second-order valence-corrected chi connectivity index (χ2v) is 10.2. The van der Waals surface area contributed by atoms with Gasteiger partial charge in [-0.15, -0.1) is 18.9 Å². The van der Waals surface area contributed by atoms with Crippen LogP contribution in [-0.4, -0.2) is 24.6 Å². The zero-order valence-corrected chi connectivity index (χ0v) is 29.9. The Hall–Kier alpha value is -6.87. The molecule has 4 amide bonds. The van der Waals surface area contributed by atoms with Crippen molar-refractivity contribution in [3.05, 3.63) is 169 Å². The predicted octanol–water partition coefficient (Wildman–Crippen LogP) is 8.57. The Morgan fingerprint density at radius 1 is 1.11 bits per heavy atom. The van der Waals surface area contributed by atoms with Gasteiger partial charge in [0.15, 0.2) is 11.6 Å². The third-order valence-corrected chi connectivity index (χ3v) is 5.75. The van der Waals surface area contributed by atoms with Crippen LogP contribution in [0.15, 0.2) is 157 Å². The summed E-state index contributed by atoms with van der Waals surface area (Å²) in [7, 11) is 0. The second-order valence-electron chi connectivity index (χ2n) is 10.2. The summed E-state index contributed by atoms with van der Waals surface area (Å²) in [5.41, 5.74) is 8.37. The lowest BCUT2D eigenvalue weighted by atomic mass is 10.1. The monoisotopic (exact) mass is 727 g/mol. The average Bonchev–Trinajstić information content (AvgIpc) is 3.27. The van der Waals surface area contributed by atoms with Crippen LogP contribution in [0, 0.1) is 24.0 Å². The van der Waals surface area contributed by atoms with Crippen molar-refractivity contribution in [2.75, 3.05) is 5.32 Å². The predicted molar refractivity (Wildman–Crippen MR) is 208 cm³/mol. The molecule has 0 atom stereocenters. The van der Waals surface area contributed by atoms with Gasteiger partial charge in [0.2, 0.25) is 12.3 Å². The number of nitrogens with one attached hydrogen (secondary N) is 3. The summed E-state index contributed by atoms with van der Waals surface area (Å²) in [6.07, 6.45) is 19.9. The Labute approximate surface area is 309 Å². The molecule has 0 saturated carbocycles. The first-order valence-corrected chi connectivity index (χ1v) is 15.6. The van der Waals surface area contributed by atoms with E-state index in [2.05, 4.69) is 59.6 Å². The number of benzene rings is 2. The van der Waals surface area contributed by atoms with Crippen LogP contribution in [0.25, 0.3) is 0 Å².